The predicted molar refractivity (Wildman–Crippen MR) is 203 cm³/mol. The van der Waals surface area contributed by atoms with Crippen molar-refractivity contribution in [2.45, 2.75) is 6.42 Å². The van der Waals surface area contributed by atoms with Crippen LogP contribution in [0.15, 0.2) is 113 Å². The molecular weight excluding hydrogens is 856 g/mol. The predicted octanol–water partition coefficient (Wildman–Crippen LogP) is 14.7. The lowest BCUT2D eigenvalue weighted by molar-refractivity contribution is 1.28. The molecule has 4 heterocycles. The highest BCUT2D eigenvalue weighted by Crippen LogP contribution is 2.49. The van der Waals surface area contributed by atoms with Gasteiger partial charge >= 0.3 is 0 Å². The fourth-order valence-electron chi connectivity index (χ4n) is 5.24. The molecular formula is C34H20Br4S4. The molecule has 1 aliphatic rings. The van der Waals surface area contributed by atoms with Gasteiger partial charge in [0.25, 0.3) is 0 Å². The van der Waals surface area contributed by atoms with Crippen molar-refractivity contribution in [3.05, 3.63) is 118 Å². The van der Waals surface area contributed by atoms with Crippen molar-refractivity contribution in [3.8, 4) is 53.6 Å². The first-order chi connectivity index (χ1) is 20.5. The molecule has 3 aromatic heterocycles. The SMILES string of the molecule is Brc1cc(-c2cc(-c3cccs3)c(-c3cccs3)cc2Br)c(Br)cc1-c1cc(C2=CCCS2)c(-c2cccs2)cc1Br. The number of rotatable bonds is 6. The molecule has 0 saturated carbocycles. The van der Waals surface area contributed by atoms with Gasteiger partial charge in [0.05, 0.1) is 0 Å². The summed E-state index contributed by atoms with van der Waals surface area (Å²) in [6, 6.07) is 26.7. The van der Waals surface area contributed by atoms with Gasteiger partial charge in [0.1, 0.15) is 0 Å². The molecule has 0 amide bonds. The zero-order valence-electron chi connectivity index (χ0n) is 21.8. The Morgan fingerprint density at radius 3 is 1.24 bits per heavy atom. The lowest BCUT2D eigenvalue weighted by Gasteiger charge is -2.18. The third-order valence-electron chi connectivity index (χ3n) is 7.18. The third kappa shape index (κ3) is 5.67. The van der Waals surface area contributed by atoms with Crippen molar-refractivity contribution in [1.82, 2.24) is 0 Å². The molecule has 0 fully saturated rings. The van der Waals surface area contributed by atoms with E-state index in [4.69, 9.17) is 0 Å². The second-order valence-corrected chi connectivity index (χ2v) is 17.1. The number of hydrogen-bond donors (Lipinski definition) is 0. The summed E-state index contributed by atoms with van der Waals surface area (Å²) in [4.78, 5) is 5.19. The van der Waals surface area contributed by atoms with Crippen LogP contribution >= 0.6 is 109 Å². The minimum absolute atomic E-state index is 1.05. The number of allylic oxidation sites excluding steroid dienone is 1. The average Bonchev–Trinajstić information content (AvgIpc) is 3.82. The summed E-state index contributed by atoms with van der Waals surface area (Å²) in [5, 5.41) is 6.44. The maximum atomic E-state index is 3.97. The van der Waals surface area contributed by atoms with Crippen LogP contribution in [0.5, 0.6) is 0 Å². The fourth-order valence-corrected chi connectivity index (χ4v) is 10.7. The molecule has 0 nitrogen and oxygen atoms in total. The van der Waals surface area contributed by atoms with Gasteiger partial charge in [-0.15, -0.1) is 45.8 Å². The van der Waals surface area contributed by atoms with Crippen LogP contribution in [-0.2, 0) is 0 Å². The molecule has 8 heteroatoms. The third-order valence-corrected chi connectivity index (χ3v) is 13.7. The Labute approximate surface area is 295 Å². The van der Waals surface area contributed by atoms with Crippen molar-refractivity contribution in [3.63, 3.8) is 0 Å². The fraction of sp³-hybridized carbons (Fsp3) is 0.0588. The molecule has 7 rings (SSSR count). The molecule has 0 bridgehead atoms. The zero-order chi connectivity index (χ0) is 28.8. The molecule has 0 N–H and O–H groups in total. The summed E-state index contributed by atoms with van der Waals surface area (Å²) in [5.41, 5.74) is 9.68. The van der Waals surface area contributed by atoms with E-state index >= 15 is 0 Å². The van der Waals surface area contributed by atoms with Gasteiger partial charge in [-0.25, -0.2) is 0 Å². The van der Waals surface area contributed by atoms with Crippen LogP contribution in [0.25, 0.3) is 58.5 Å². The zero-order valence-corrected chi connectivity index (χ0v) is 31.4. The number of benzene rings is 3. The standard InChI is InChI=1S/C34H20Br4S4/c35-27-16-22(20-14-24(32-6-2-10-40-32)26(18-30(20)38)34-8-4-12-42-34)28(36)15-21(27)19-13-23(31-5-1-9-39-31)25(17-29(19)37)33-7-3-11-41-33/h1,3-9,11-18H,2,10H2. The van der Waals surface area contributed by atoms with E-state index in [2.05, 4.69) is 159 Å². The average molecular weight is 876 g/mol. The summed E-state index contributed by atoms with van der Waals surface area (Å²) in [6.45, 7) is 0. The Morgan fingerprint density at radius 2 is 0.833 bits per heavy atom. The summed E-state index contributed by atoms with van der Waals surface area (Å²) in [7, 11) is 0. The number of hydrogen-bond acceptors (Lipinski definition) is 4. The number of thioether (sulfide) groups is 1. The van der Waals surface area contributed by atoms with E-state index in [1.807, 2.05) is 11.8 Å². The van der Waals surface area contributed by atoms with Crippen LogP contribution in [0.1, 0.15) is 12.0 Å². The molecule has 1 aliphatic heterocycles. The maximum Gasteiger partial charge on any atom is 0.0349 e. The smallest absolute Gasteiger partial charge is 0.0349 e. The van der Waals surface area contributed by atoms with Crippen LogP contribution in [-0.4, -0.2) is 5.75 Å². The summed E-state index contributed by atoms with van der Waals surface area (Å²) in [5.74, 6) is 1.14. The normalized spacial score (nSPS) is 13.1. The van der Waals surface area contributed by atoms with Gasteiger partial charge in [0, 0.05) is 59.9 Å². The van der Waals surface area contributed by atoms with Gasteiger partial charge in [0.2, 0.25) is 0 Å². The van der Waals surface area contributed by atoms with Crippen molar-refractivity contribution in [2.75, 3.05) is 5.75 Å². The molecule has 0 radical (unpaired) electrons. The quantitative estimate of drug-likeness (QED) is 0.161. The van der Waals surface area contributed by atoms with Crippen LogP contribution < -0.4 is 0 Å². The van der Waals surface area contributed by atoms with E-state index in [1.165, 1.54) is 47.4 Å². The van der Waals surface area contributed by atoms with Crippen molar-refractivity contribution in [1.29, 1.82) is 0 Å². The highest BCUT2D eigenvalue weighted by Gasteiger charge is 2.21. The van der Waals surface area contributed by atoms with Gasteiger partial charge in [-0.05, 0) is 105 Å². The monoisotopic (exact) mass is 872 g/mol. The maximum absolute atomic E-state index is 3.97. The van der Waals surface area contributed by atoms with Crippen LogP contribution in [0, 0.1) is 0 Å². The highest BCUT2D eigenvalue weighted by atomic mass is 79.9. The van der Waals surface area contributed by atoms with E-state index in [1.54, 1.807) is 34.0 Å². The molecule has 6 aromatic rings. The van der Waals surface area contributed by atoms with E-state index in [0.29, 0.717) is 0 Å². The van der Waals surface area contributed by atoms with Crippen molar-refractivity contribution in [2.24, 2.45) is 0 Å². The first-order valence-corrected chi connectivity index (χ1v) is 19.9. The molecule has 3 aromatic carbocycles. The van der Waals surface area contributed by atoms with E-state index < -0.39 is 0 Å². The van der Waals surface area contributed by atoms with Gasteiger partial charge in [0.15, 0.2) is 0 Å². The molecule has 0 aliphatic carbocycles. The Bertz CT molecular complexity index is 1940. The molecule has 0 saturated heterocycles. The molecule has 42 heavy (non-hydrogen) atoms. The topological polar surface area (TPSA) is 0 Å². The van der Waals surface area contributed by atoms with E-state index in [9.17, 15) is 0 Å². The summed E-state index contributed by atoms with van der Waals surface area (Å²) in [6.07, 6.45) is 3.50. The van der Waals surface area contributed by atoms with Gasteiger partial charge in [-0.2, -0.15) is 0 Å². The molecule has 208 valence electrons. The van der Waals surface area contributed by atoms with Crippen LogP contribution in [0.4, 0.5) is 0 Å². The molecule has 0 unspecified atom stereocenters. The Morgan fingerprint density at radius 1 is 0.452 bits per heavy atom. The first-order valence-electron chi connectivity index (χ1n) is 13.1. The first kappa shape index (κ1) is 29.5. The van der Waals surface area contributed by atoms with Gasteiger partial charge in [-0.1, -0.05) is 88.0 Å². The van der Waals surface area contributed by atoms with Crippen LogP contribution in [0.3, 0.4) is 0 Å². The molecule has 0 spiro atoms. The second kappa shape index (κ2) is 12.6. The van der Waals surface area contributed by atoms with Crippen LogP contribution in [0.2, 0.25) is 0 Å². The summed E-state index contributed by atoms with van der Waals surface area (Å²) < 4.78 is 4.25. The number of halogens is 4. The van der Waals surface area contributed by atoms with E-state index in [-0.39, 0.29) is 0 Å². The Kier molecular flexibility index (Phi) is 8.87. The minimum Gasteiger partial charge on any atom is -0.144 e. The molecule has 0 atom stereocenters. The largest absolute Gasteiger partial charge is 0.144 e. The van der Waals surface area contributed by atoms with Gasteiger partial charge < -0.3 is 0 Å². The van der Waals surface area contributed by atoms with Crippen molar-refractivity contribution >= 4 is 114 Å². The Hall–Kier alpha value is -1.23. The van der Waals surface area contributed by atoms with Crippen molar-refractivity contribution < 1.29 is 0 Å². The number of thiophene rings is 3. The second-order valence-electron chi connectivity index (χ2n) is 9.70. The lowest BCUT2D eigenvalue weighted by Crippen LogP contribution is -1.92. The Balaban J connectivity index is 1.36. The highest BCUT2D eigenvalue weighted by molar-refractivity contribution is 9.11. The lowest BCUT2D eigenvalue weighted by atomic mass is 9.94. The summed E-state index contributed by atoms with van der Waals surface area (Å²) >= 11 is 23.1. The van der Waals surface area contributed by atoms with E-state index in [0.717, 1.165) is 46.8 Å². The van der Waals surface area contributed by atoms with Gasteiger partial charge in [-0.3, -0.25) is 0 Å². The minimum atomic E-state index is 1.05.